The predicted molar refractivity (Wildman–Crippen MR) is 89.6 cm³/mol. The molecule has 3 aromatic rings. The first-order chi connectivity index (χ1) is 12.8. The molecule has 10 heteroatoms. The van der Waals surface area contributed by atoms with Gasteiger partial charge < -0.3 is 0 Å². The van der Waals surface area contributed by atoms with Crippen LogP contribution in [-0.4, -0.2) is 25.4 Å². The molecular formula is C17H12F3N5O2. The number of nitrogens with zero attached hydrogens (tertiary/aromatic N) is 4. The molecule has 0 saturated heterocycles. The number of alkyl halides is 3. The molecule has 0 aliphatic heterocycles. The van der Waals surface area contributed by atoms with Gasteiger partial charge in [-0.05, 0) is 18.2 Å². The number of benzene rings is 1. The maximum Gasteiger partial charge on any atom is 0.416 e. The van der Waals surface area contributed by atoms with Gasteiger partial charge in [0.1, 0.15) is 6.54 Å². The average Bonchev–Trinajstić information content (AvgIpc) is 2.63. The summed E-state index contributed by atoms with van der Waals surface area (Å²) < 4.78 is 38.9. The quantitative estimate of drug-likeness (QED) is 0.756. The van der Waals surface area contributed by atoms with E-state index in [-0.39, 0.29) is 18.2 Å². The van der Waals surface area contributed by atoms with Crippen LogP contribution in [0.15, 0.2) is 59.9 Å². The van der Waals surface area contributed by atoms with E-state index < -0.39 is 23.2 Å². The lowest BCUT2D eigenvalue weighted by Gasteiger charge is -2.09. The van der Waals surface area contributed by atoms with Crippen LogP contribution in [0.5, 0.6) is 0 Å². The molecule has 27 heavy (non-hydrogen) atoms. The van der Waals surface area contributed by atoms with Gasteiger partial charge in [0, 0.05) is 24.0 Å². The van der Waals surface area contributed by atoms with E-state index in [2.05, 4.69) is 20.3 Å². The Labute approximate surface area is 150 Å². The van der Waals surface area contributed by atoms with E-state index in [0.717, 1.165) is 29.1 Å². The van der Waals surface area contributed by atoms with Crippen molar-refractivity contribution in [3.05, 3.63) is 71.0 Å². The molecule has 1 N–H and O–H groups in total. The number of halogens is 3. The van der Waals surface area contributed by atoms with Gasteiger partial charge in [-0.1, -0.05) is 12.1 Å². The number of aromatic nitrogens is 4. The summed E-state index contributed by atoms with van der Waals surface area (Å²) in [4.78, 5) is 35.8. The van der Waals surface area contributed by atoms with Crippen LogP contribution < -0.4 is 10.9 Å². The zero-order chi connectivity index (χ0) is 19.4. The Morgan fingerprint density at radius 3 is 2.33 bits per heavy atom. The van der Waals surface area contributed by atoms with Gasteiger partial charge in [-0.25, -0.2) is 15.0 Å². The third kappa shape index (κ3) is 4.54. The maximum atomic E-state index is 12.6. The number of nitrogens with one attached hydrogen (secondary N) is 1. The number of rotatable bonds is 4. The molecule has 0 fully saturated rings. The highest BCUT2D eigenvalue weighted by Gasteiger charge is 2.30. The number of carbonyl (C=O) groups excluding carboxylic acids is 1. The summed E-state index contributed by atoms with van der Waals surface area (Å²) in [6.45, 7) is -0.308. The lowest BCUT2D eigenvalue weighted by Crippen LogP contribution is -2.28. The SMILES string of the molecule is O=C(Cn1cnc(-c2ccc(C(F)(F)F)cc2)cc1=O)Nc1ncccn1. The third-order valence-corrected chi connectivity index (χ3v) is 3.52. The summed E-state index contributed by atoms with van der Waals surface area (Å²) in [5.74, 6) is -0.419. The van der Waals surface area contributed by atoms with Gasteiger partial charge >= 0.3 is 6.18 Å². The summed E-state index contributed by atoms with van der Waals surface area (Å²) in [5, 5.41) is 2.43. The fourth-order valence-electron chi connectivity index (χ4n) is 2.22. The van der Waals surface area contributed by atoms with Gasteiger partial charge in [-0.3, -0.25) is 19.5 Å². The molecule has 0 saturated carbocycles. The minimum Gasteiger partial charge on any atom is -0.293 e. The molecule has 138 valence electrons. The van der Waals surface area contributed by atoms with Crippen LogP contribution >= 0.6 is 0 Å². The summed E-state index contributed by atoms with van der Waals surface area (Å²) in [5.41, 5.74) is -0.755. The Morgan fingerprint density at radius 1 is 1.07 bits per heavy atom. The van der Waals surface area contributed by atoms with Gasteiger partial charge in [0.05, 0.1) is 17.6 Å². The van der Waals surface area contributed by atoms with Gasteiger partial charge in [0.2, 0.25) is 11.9 Å². The first-order valence-corrected chi connectivity index (χ1v) is 7.64. The molecule has 2 aromatic heterocycles. The predicted octanol–water partition coefficient (Wildman–Crippen LogP) is 2.36. The Kier molecular flexibility index (Phi) is 4.97. The van der Waals surface area contributed by atoms with Crippen molar-refractivity contribution in [2.24, 2.45) is 0 Å². The standard InChI is InChI=1S/C17H12F3N5O2/c18-17(19,20)12-4-2-11(3-5-12)13-8-15(27)25(10-23-13)9-14(26)24-16-21-6-1-7-22-16/h1-8,10H,9H2,(H,21,22,24,26). The van der Waals surface area contributed by atoms with Crippen molar-refractivity contribution in [3.63, 3.8) is 0 Å². The van der Waals surface area contributed by atoms with Gasteiger partial charge in [-0.15, -0.1) is 0 Å². The molecule has 0 radical (unpaired) electrons. The smallest absolute Gasteiger partial charge is 0.293 e. The molecule has 0 atom stereocenters. The zero-order valence-electron chi connectivity index (χ0n) is 13.6. The van der Waals surface area contributed by atoms with E-state index in [0.29, 0.717) is 5.56 Å². The van der Waals surface area contributed by atoms with Crippen molar-refractivity contribution < 1.29 is 18.0 Å². The van der Waals surface area contributed by atoms with Crippen LogP contribution in [0, 0.1) is 0 Å². The molecule has 0 aliphatic carbocycles. The van der Waals surface area contributed by atoms with Crippen LogP contribution in [0.1, 0.15) is 5.56 Å². The van der Waals surface area contributed by atoms with E-state index in [1.54, 1.807) is 6.07 Å². The fraction of sp³-hybridized carbons (Fsp3) is 0.118. The number of anilines is 1. The molecule has 1 amide bonds. The molecule has 0 unspecified atom stereocenters. The van der Waals surface area contributed by atoms with E-state index >= 15 is 0 Å². The van der Waals surface area contributed by atoms with E-state index in [1.165, 1.54) is 24.5 Å². The van der Waals surface area contributed by atoms with Crippen molar-refractivity contribution in [3.8, 4) is 11.3 Å². The highest BCUT2D eigenvalue weighted by molar-refractivity contribution is 5.88. The fourth-order valence-corrected chi connectivity index (χ4v) is 2.22. The van der Waals surface area contributed by atoms with Crippen molar-refractivity contribution in [2.75, 3.05) is 5.32 Å². The Hall–Kier alpha value is -3.56. The summed E-state index contributed by atoms with van der Waals surface area (Å²) in [7, 11) is 0. The lowest BCUT2D eigenvalue weighted by molar-refractivity contribution is -0.137. The second kappa shape index (κ2) is 7.36. The van der Waals surface area contributed by atoms with E-state index in [1.807, 2.05) is 0 Å². The summed E-state index contributed by atoms with van der Waals surface area (Å²) in [6.07, 6.45) is -0.379. The molecule has 2 heterocycles. The second-order valence-electron chi connectivity index (χ2n) is 5.44. The first-order valence-electron chi connectivity index (χ1n) is 7.64. The molecule has 7 nitrogen and oxygen atoms in total. The van der Waals surface area contributed by atoms with Crippen LogP contribution in [-0.2, 0) is 17.5 Å². The monoisotopic (exact) mass is 375 g/mol. The second-order valence-corrected chi connectivity index (χ2v) is 5.44. The Morgan fingerprint density at radius 2 is 1.74 bits per heavy atom. The topological polar surface area (TPSA) is 89.8 Å². The van der Waals surface area contributed by atoms with Crippen LogP contribution in [0.25, 0.3) is 11.3 Å². The third-order valence-electron chi connectivity index (χ3n) is 3.52. The molecule has 0 spiro atoms. The van der Waals surface area contributed by atoms with Gasteiger partial charge in [0.15, 0.2) is 0 Å². The van der Waals surface area contributed by atoms with Crippen molar-refractivity contribution >= 4 is 11.9 Å². The number of amides is 1. The highest BCUT2D eigenvalue weighted by atomic mass is 19.4. The van der Waals surface area contributed by atoms with E-state index in [9.17, 15) is 22.8 Å². The maximum absolute atomic E-state index is 12.6. The van der Waals surface area contributed by atoms with Crippen LogP contribution in [0.2, 0.25) is 0 Å². The Bertz CT molecular complexity index is 1000. The number of carbonyl (C=O) groups is 1. The highest BCUT2D eigenvalue weighted by Crippen LogP contribution is 2.30. The van der Waals surface area contributed by atoms with Gasteiger partial charge in [0.25, 0.3) is 5.56 Å². The van der Waals surface area contributed by atoms with Crippen molar-refractivity contribution in [2.45, 2.75) is 12.7 Å². The first kappa shape index (κ1) is 18.2. The van der Waals surface area contributed by atoms with Crippen LogP contribution in [0.4, 0.5) is 19.1 Å². The molecule has 1 aromatic carbocycles. The summed E-state index contributed by atoms with van der Waals surface area (Å²) >= 11 is 0. The minimum absolute atomic E-state index is 0.102. The molecule has 0 aliphatic rings. The molecular weight excluding hydrogens is 363 g/mol. The lowest BCUT2D eigenvalue weighted by atomic mass is 10.1. The van der Waals surface area contributed by atoms with Gasteiger partial charge in [-0.2, -0.15) is 13.2 Å². The number of hydrogen-bond donors (Lipinski definition) is 1. The zero-order valence-corrected chi connectivity index (χ0v) is 13.6. The average molecular weight is 375 g/mol. The molecule has 0 bridgehead atoms. The summed E-state index contributed by atoms with van der Waals surface area (Å²) in [6, 6.07) is 7.02. The minimum atomic E-state index is -4.44. The normalized spacial score (nSPS) is 11.2. The molecule has 3 rings (SSSR count). The van der Waals surface area contributed by atoms with Crippen molar-refractivity contribution in [1.82, 2.24) is 19.5 Å². The van der Waals surface area contributed by atoms with Crippen LogP contribution in [0.3, 0.4) is 0 Å². The van der Waals surface area contributed by atoms with Crippen molar-refractivity contribution in [1.29, 1.82) is 0 Å². The number of hydrogen-bond acceptors (Lipinski definition) is 5. The Balaban J connectivity index is 1.74. The van der Waals surface area contributed by atoms with E-state index in [4.69, 9.17) is 0 Å². The largest absolute Gasteiger partial charge is 0.416 e.